The number of rotatable bonds is 3. The molecule has 4 N–H and O–H groups in total. The van der Waals surface area contributed by atoms with E-state index in [0.29, 0.717) is 12.8 Å². The van der Waals surface area contributed by atoms with Crippen LogP contribution in [0.5, 0.6) is 0 Å². The lowest BCUT2D eigenvalue weighted by Gasteiger charge is -2.36. The molecular formula is C9H17NO3. The highest BCUT2D eigenvalue weighted by molar-refractivity contribution is 4.89. The molecule has 1 heterocycles. The van der Waals surface area contributed by atoms with Crippen molar-refractivity contribution in [1.29, 1.82) is 0 Å². The second kappa shape index (κ2) is 4.72. The van der Waals surface area contributed by atoms with Crippen molar-refractivity contribution in [3.05, 3.63) is 12.7 Å². The first-order chi connectivity index (χ1) is 6.19. The Hall–Kier alpha value is -0.420. The van der Waals surface area contributed by atoms with Gasteiger partial charge < -0.3 is 20.7 Å². The van der Waals surface area contributed by atoms with Crippen LogP contribution < -0.4 is 5.73 Å². The van der Waals surface area contributed by atoms with Crippen LogP contribution in [0.25, 0.3) is 0 Å². The summed E-state index contributed by atoms with van der Waals surface area (Å²) in [5, 5.41) is 18.4. The molecule has 4 unspecified atom stereocenters. The van der Waals surface area contributed by atoms with E-state index in [1.165, 1.54) is 0 Å². The zero-order chi connectivity index (χ0) is 9.84. The fraction of sp³-hybridized carbons (Fsp3) is 0.778. The lowest BCUT2D eigenvalue weighted by Crippen LogP contribution is -2.53. The number of ether oxygens (including phenoxy) is 1. The van der Waals surface area contributed by atoms with Crippen molar-refractivity contribution >= 4 is 0 Å². The standard InChI is InChI=1S/C9H17NO3/c1-2-3-6-4-7(10)9(12)8(5-11)13-6/h2,6-9,11-12H,1,3-5,10H2. The van der Waals surface area contributed by atoms with E-state index in [-0.39, 0.29) is 18.8 Å². The van der Waals surface area contributed by atoms with E-state index in [1.54, 1.807) is 6.08 Å². The Morgan fingerprint density at radius 3 is 2.85 bits per heavy atom. The summed E-state index contributed by atoms with van der Waals surface area (Å²) in [6, 6.07) is -0.309. The first-order valence-electron chi connectivity index (χ1n) is 4.50. The number of aliphatic hydroxyl groups excluding tert-OH is 2. The van der Waals surface area contributed by atoms with E-state index in [2.05, 4.69) is 6.58 Å². The molecule has 0 amide bonds. The molecule has 1 saturated heterocycles. The summed E-state index contributed by atoms with van der Waals surface area (Å²) in [7, 11) is 0. The van der Waals surface area contributed by atoms with Crippen molar-refractivity contribution in [3.63, 3.8) is 0 Å². The summed E-state index contributed by atoms with van der Waals surface area (Å²) in [6.45, 7) is 3.41. The quantitative estimate of drug-likeness (QED) is 0.516. The normalized spacial score (nSPS) is 40.2. The van der Waals surface area contributed by atoms with Crippen LogP contribution in [0.3, 0.4) is 0 Å². The highest BCUT2D eigenvalue weighted by atomic mass is 16.5. The smallest absolute Gasteiger partial charge is 0.108 e. The average molecular weight is 187 g/mol. The summed E-state index contributed by atoms with van der Waals surface area (Å²) >= 11 is 0. The SMILES string of the molecule is C=CCC1CC(N)C(O)C(CO)O1. The fourth-order valence-electron chi connectivity index (χ4n) is 1.59. The van der Waals surface area contributed by atoms with E-state index >= 15 is 0 Å². The van der Waals surface area contributed by atoms with Crippen LogP contribution in [0.2, 0.25) is 0 Å². The average Bonchev–Trinajstić information content (AvgIpc) is 2.11. The highest BCUT2D eigenvalue weighted by Gasteiger charge is 2.34. The molecule has 1 rings (SSSR count). The topological polar surface area (TPSA) is 75.7 Å². The maximum atomic E-state index is 9.49. The summed E-state index contributed by atoms with van der Waals surface area (Å²) in [4.78, 5) is 0. The molecule has 1 fully saturated rings. The number of hydrogen-bond acceptors (Lipinski definition) is 4. The molecule has 13 heavy (non-hydrogen) atoms. The van der Waals surface area contributed by atoms with Crippen molar-refractivity contribution in [1.82, 2.24) is 0 Å². The highest BCUT2D eigenvalue weighted by Crippen LogP contribution is 2.21. The first kappa shape index (κ1) is 10.7. The summed E-state index contributed by atoms with van der Waals surface area (Å²) in [5.41, 5.74) is 5.69. The van der Waals surface area contributed by atoms with Crippen LogP contribution in [0, 0.1) is 0 Å². The Morgan fingerprint density at radius 1 is 1.62 bits per heavy atom. The van der Waals surface area contributed by atoms with Crippen LogP contribution in [0.4, 0.5) is 0 Å². The maximum Gasteiger partial charge on any atom is 0.108 e. The van der Waals surface area contributed by atoms with Gasteiger partial charge in [-0.25, -0.2) is 0 Å². The molecule has 0 aromatic heterocycles. The van der Waals surface area contributed by atoms with Crippen molar-refractivity contribution in [3.8, 4) is 0 Å². The third kappa shape index (κ3) is 2.51. The fourth-order valence-corrected chi connectivity index (χ4v) is 1.59. The Labute approximate surface area is 78.0 Å². The second-order valence-corrected chi connectivity index (χ2v) is 3.39. The van der Waals surface area contributed by atoms with Gasteiger partial charge >= 0.3 is 0 Å². The molecule has 4 nitrogen and oxygen atoms in total. The molecule has 0 spiro atoms. The molecule has 76 valence electrons. The van der Waals surface area contributed by atoms with E-state index < -0.39 is 12.2 Å². The van der Waals surface area contributed by atoms with Gasteiger partial charge in [0.1, 0.15) is 6.10 Å². The Morgan fingerprint density at radius 2 is 2.31 bits per heavy atom. The van der Waals surface area contributed by atoms with Gasteiger partial charge in [-0.15, -0.1) is 6.58 Å². The molecule has 0 radical (unpaired) electrons. The van der Waals surface area contributed by atoms with Crippen LogP contribution >= 0.6 is 0 Å². The van der Waals surface area contributed by atoms with Crippen molar-refractivity contribution in [2.75, 3.05) is 6.61 Å². The molecule has 1 aliphatic rings. The first-order valence-corrected chi connectivity index (χ1v) is 4.50. The molecule has 0 aromatic rings. The van der Waals surface area contributed by atoms with Gasteiger partial charge in [-0.2, -0.15) is 0 Å². The zero-order valence-electron chi connectivity index (χ0n) is 7.60. The van der Waals surface area contributed by atoms with Gasteiger partial charge in [0, 0.05) is 6.04 Å². The Bertz CT molecular complexity index is 174. The summed E-state index contributed by atoms with van der Waals surface area (Å²) < 4.78 is 5.41. The predicted molar refractivity (Wildman–Crippen MR) is 49.2 cm³/mol. The third-order valence-electron chi connectivity index (χ3n) is 2.33. The maximum absolute atomic E-state index is 9.49. The van der Waals surface area contributed by atoms with Crippen molar-refractivity contribution in [2.45, 2.75) is 37.2 Å². The van der Waals surface area contributed by atoms with Gasteiger partial charge in [-0.05, 0) is 12.8 Å². The van der Waals surface area contributed by atoms with E-state index in [1.807, 2.05) is 0 Å². The van der Waals surface area contributed by atoms with Gasteiger partial charge in [-0.3, -0.25) is 0 Å². The van der Waals surface area contributed by atoms with Crippen molar-refractivity contribution in [2.24, 2.45) is 5.73 Å². The van der Waals surface area contributed by atoms with Gasteiger partial charge in [-0.1, -0.05) is 6.08 Å². The van der Waals surface area contributed by atoms with Crippen LogP contribution in [0.15, 0.2) is 12.7 Å². The molecular weight excluding hydrogens is 170 g/mol. The van der Waals surface area contributed by atoms with Crippen LogP contribution in [-0.2, 0) is 4.74 Å². The monoisotopic (exact) mass is 187 g/mol. The molecule has 0 aliphatic carbocycles. The minimum absolute atomic E-state index is 0.0203. The van der Waals surface area contributed by atoms with Gasteiger partial charge in [0.25, 0.3) is 0 Å². The van der Waals surface area contributed by atoms with E-state index in [4.69, 9.17) is 15.6 Å². The molecule has 0 aromatic carbocycles. The number of aliphatic hydroxyl groups is 2. The lowest BCUT2D eigenvalue weighted by molar-refractivity contribution is -0.140. The molecule has 4 atom stereocenters. The molecule has 1 aliphatic heterocycles. The minimum atomic E-state index is -0.758. The predicted octanol–water partition coefficient (Wildman–Crippen LogP) is -0.600. The second-order valence-electron chi connectivity index (χ2n) is 3.39. The Balaban J connectivity index is 2.52. The van der Waals surface area contributed by atoms with E-state index in [9.17, 15) is 5.11 Å². The Kier molecular flexibility index (Phi) is 3.87. The number of nitrogens with two attached hydrogens (primary N) is 1. The van der Waals surface area contributed by atoms with Crippen LogP contribution in [0.1, 0.15) is 12.8 Å². The zero-order valence-corrected chi connectivity index (χ0v) is 7.60. The minimum Gasteiger partial charge on any atom is -0.394 e. The molecule has 0 bridgehead atoms. The van der Waals surface area contributed by atoms with E-state index in [0.717, 1.165) is 0 Å². The largest absolute Gasteiger partial charge is 0.394 e. The van der Waals surface area contributed by atoms with Gasteiger partial charge in [0.2, 0.25) is 0 Å². The van der Waals surface area contributed by atoms with Crippen molar-refractivity contribution < 1.29 is 14.9 Å². The molecule has 0 saturated carbocycles. The van der Waals surface area contributed by atoms with Crippen LogP contribution in [-0.4, -0.2) is 41.2 Å². The van der Waals surface area contributed by atoms with Gasteiger partial charge in [0.15, 0.2) is 0 Å². The van der Waals surface area contributed by atoms with Gasteiger partial charge in [0.05, 0.1) is 18.8 Å². The summed E-state index contributed by atoms with van der Waals surface area (Å²) in [6.07, 6.45) is 1.75. The third-order valence-corrected chi connectivity index (χ3v) is 2.33. The summed E-state index contributed by atoms with van der Waals surface area (Å²) in [5.74, 6) is 0. The number of hydrogen-bond donors (Lipinski definition) is 3. The lowest BCUT2D eigenvalue weighted by atomic mass is 9.95. The molecule has 4 heteroatoms.